The van der Waals surface area contributed by atoms with Crippen LogP contribution in [-0.2, 0) is 14.2 Å². The number of aliphatic hydroxyl groups excluding tert-OH is 7. The molecule has 15 nitrogen and oxygen atoms in total. The van der Waals surface area contributed by atoms with Crippen molar-refractivity contribution in [3.8, 4) is 28.6 Å². The summed E-state index contributed by atoms with van der Waals surface area (Å²) < 4.78 is 28.8. The Morgan fingerprint density at radius 1 is 0.814 bits per heavy atom. The summed E-state index contributed by atoms with van der Waals surface area (Å²) in [5.41, 5.74) is -0.702. The van der Waals surface area contributed by atoms with Crippen LogP contribution in [0.2, 0.25) is 0 Å². The van der Waals surface area contributed by atoms with Crippen molar-refractivity contribution in [3.63, 3.8) is 0 Å². The van der Waals surface area contributed by atoms with Crippen molar-refractivity contribution in [2.45, 2.75) is 61.2 Å². The second-order valence-electron chi connectivity index (χ2n) is 10.3. The lowest BCUT2D eigenvalue weighted by molar-refractivity contribution is -0.342. The molecule has 0 unspecified atom stereocenters. The van der Waals surface area contributed by atoms with E-state index < -0.39 is 85.6 Å². The Bertz CT molecular complexity index is 1490. The molecule has 5 rings (SSSR count). The first-order chi connectivity index (χ1) is 20.5. The van der Waals surface area contributed by atoms with Crippen LogP contribution in [-0.4, -0.2) is 121 Å². The summed E-state index contributed by atoms with van der Waals surface area (Å²) in [6.45, 7) is -1.54. The quantitative estimate of drug-likeness (QED) is 0.144. The number of rotatable bonds is 7. The van der Waals surface area contributed by atoms with Gasteiger partial charge in [0.1, 0.15) is 83.3 Å². The predicted molar refractivity (Wildman–Crippen MR) is 143 cm³/mol. The molecule has 2 fully saturated rings. The number of phenolic OH excluding ortho intramolecular Hbond substituents is 2. The van der Waals surface area contributed by atoms with Crippen LogP contribution in [0.3, 0.4) is 0 Å². The Hall–Kier alpha value is -3.35. The predicted octanol–water partition coefficient (Wildman–Crippen LogP) is -1.78. The van der Waals surface area contributed by atoms with E-state index in [1.165, 1.54) is 31.4 Å². The Morgan fingerprint density at radius 2 is 1.44 bits per heavy atom. The number of ether oxygens (including phenoxy) is 4. The number of benzene rings is 2. The van der Waals surface area contributed by atoms with Crippen molar-refractivity contribution in [1.29, 1.82) is 0 Å². The van der Waals surface area contributed by atoms with E-state index in [0.29, 0.717) is 5.56 Å². The largest absolute Gasteiger partial charge is 0.508 e. The zero-order chi connectivity index (χ0) is 31.2. The topological polar surface area (TPSA) is 249 Å². The standard InChI is InChI=1S/C28H32O15/c1-39-15-7-13(33)18-12(32)6-14(10-2-4-11(31)5-3-10)40-25(18)19(15)26-27(23(37)21(35)16(8-29)41-26)43-28-24(38)22(36)20(34)17(9-30)42-28/h2-7,16-17,20-24,26-31,33-38H,8-9H2,1H3/t16-,17-,20-,21-,22+,23+,24-,26-,27-,28-/m1/s1. The number of hydrogen-bond donors (Lipinski definition) is 9. The van der Waals surface area contributed by atoms with Crippen LogP contribution < -0.4 is 10.2 Å². The molecular formula is C28H32O15. The van der Waals surface area contributed by atoms with Gasteiger partial charge < -0.3 is 69.3 Å². The highest BCUT2D eigenvalue weighted by molar-refractivity contribution is 5.89. The van der Waals surface area contributed by atoms with Crippen molar-refractivity contribution in [1.82, 2.24) is 0 Å². The average molecular weight is 609 g/mol. The maximum Gasteiger partial charge on any atom is 0.197 e. The Balaban J connectivity index is 1.69. The molecule has 2 aliphatic rings. The smallest absolute Gasteiger partial charge is 0.197 e. The zero-order valence-electron chi connectivity index (χ0n) is 22.6. The highest BCUT2D eigenvalue weighted by atomic mass is 16.7. The Morgan fingerprint density at radius 3 is 2.07 bits per heavy atom. The molecule has 0 radical (unpaired) electrons. The lowest BCUT2D eigenvalue weighted by Gasteiger charge is -2.46. The second kappa shape index (κ2) is 12.3. The SMILES string of the molecule is COc1cc(O)c2c(=O)cc(-c3ccc(O)cc3)oc2c1[C@H]1O[C@H](CO)[C@@H](O)[C@H](O)[C@H]1O[C@H]1O[C@H](CO)[C@@H](O)[C@H](O)[C@H]1O. The van der Waals surface area contributed by atoms with Crippen LogP contribution in [0, 0.1) is 0 Å². The fourth-order valence-electron chi connectivity index (χ4n) is 5.33. The maximum absolute atomic E-state index is 13.3. The minimum Gasteiger partial charge on any atom is -0.508 e. The molecule has 15 heteroatoms. The summed E-state index contributed by atoms with van der Waals surface area (Å²) in [4.78, 5) is 13.3. The third-order valence-corrected chi connectivity index (χ3v) is 7.64. The lowest BCUT2D eigenvalue weighted by atomic mass is 9.89. The molecule has 9 N–H and O–H groups in total. The van der Waals surface area contributed by atoms with Gasteiger partial charge in [-0.05, 0) is 24.3 Å². The minimum atomic E-state index is -1.89. The van der Waals surface area contributed by atoms with Crippen molar-refractivity contribution in [2.75, 3.05) is 20.3 Å². The summed E-state index contributed by atoms with van der Waals surface area (Å²) >= 11 is 0. The van der Waals surface area contributed by atoms with Crippen LogP contribution in [0.1, 0.15) is 11.7 Å². The van der Waals surface area contributed by atoms with Crippen LogP contribution >= 0.6 is 0 Å². The lowest BCUT2D eigenvalue weighted by Crippen LogP contribution is -2.62. The Labute approximate surface area is 242 Å². The number of hydrogen-bond acceptors (Lipinski definition) is 15. The summed E-state index contributed by atoms with van der Waals surface area (Å²) in [5.74, 6) is -0.682. The van der Waals surface area contributed by atoms with Gasteiger partial charge >= 0.3 is 0 Å². The molecular weight excluding hydrogens is 576 g/mol. The van der Waals surface area contributed by atoms with Gasteiger partial charge in [-0.1, -0.05) is 0 Å². The highest BCUT2D eigenvalue weighted by Gasteiger charge is 2.52. The van der Waals surface area contributed by atoms with E-state index in [9.17, 15) is 50.8 Å². The van der Waals surface area contributed by atoms with Crippen molar-refractivity contribution < 1.29 is 69.3 Å². The highest BCUT2D eigenvalue weighted by Crippen LogP contribution is 2.45. The van der Waals surface area contributed by atoms with Crippen molar-refractivity contribution in [2.24, 2.45) is 0 Å². The van der Waals surface area contributed by atoms with E-state index in [-0.39, 0.29) is 33.8 Å². The molecule has 0 saturated carbocycles. The maximum atomic E-state index is 13.3. The molecule has 3 heterocycles. The van der Waals surface area contributed by atoms with Crippen LogP contribution in [0.15, 0.2) is 45.6 Å². The first-order valence-corrected chi connectivity index (χ1v) is 13.3. The molecule has 0 aliphatic carbocycles. The summed E-state index contributed by atoms with van der Waals surface area (Å²) in [5, 5.41) is 92.5. The summed E-state index contributed by atoms with van der Waals surface area (Å²) in [6.07, 6.45) is -16.8. The third kappa shape index (κ3) is 5.56. The summed E-state index contributed by atoms with van der Waals surface area (Å²) in [7, 11) is 1.23. The first kappa shape index (κ1) is 31.1. The van der Waals surface area contributed by atoms with Gasteiger partial charge in [0.05, 0.1) is 25.9 Å². The van der Waals surface area contributed by atoms with Crippen LogP contribution in [0.25, 0.3) is 22.3 Å². The van der Waals surface area contributed by atoms with Crippen LogP contribution in [0.4, 0.5) is 0 Å². The minimum absolute atomic E-state index is 0.00732. The fraction of sp³-hybridized carbons (Fsp3) is 0.464. The van der Waals surface area contributed by atoms with Gasteiger partial charge in [0.2, 0.25) is 0 Å². The number of phenols is 2. The second-order valence-corrected chi connectivity index (χ2v) is 10.3. The van der Waals surface area contributed by atoms with Crippen LogP contribution in [0.5, 0.6) is 17.2 Å². The fourth-order valence-corrected chi connectivity index (χ4v) is 5.33. The number of aliphatic hydroxyl groups is 7. The average Bonchev–Trinajstić information content (AvgIpc) is 2.99. The van der Waals surface area contributed by atoms with Gasteiger partial charge in [-0.3, -0.25) is 4.79 Å². The number of aromatic hydroxyl groups is 2. The van der Waals surface area contributed by atoms with E-state index in [1.807, 2.05) is 0 Å². The number of methoxy groups -OCH3 is 1. The molecule has 10 atom stereocenters. The first-order valence-electron chi connectivity index (χ1n) is 13.3. The van der Waals surface area contributed by atoms with Gasteiger partial charge in [0.15, 0.2) is 17.3 Å². The van der Waals surface area contributed by atoms with Gasteiger partial charge in [0.25, 0.3) is 0 Å². The van der Waals surface area contributed by atoms with E-state index in [1.54, 1.807) is 0 Å². The molecule has 0 bridgehead atoms. The zero-order valence-corrected chi connectivity index (χ0v) is 22.6. The Kier molecular flexibility index (Phi) is 8.92. The van der Waals surface area contributed by atoms with Crippen molar-refractivity contribution >= 4 is 11.0 Å². The van der Waals surface area contributed by atoms with E-state index in [0.717, 1.165) is 12.1 Å². The van der Waals surface area contributed by atoms with E-state index >= 15 is 0 Å². The molecule has 2 saturated heterocycles. The number of fused-ring (bicyclic) bond motifs is 1. The molecule has 234 valence electrons. The van der Waals surface area contributed by atoms with E-state index in [2.05, 4.69) is 0 Å². The summed E-state index contributed by atoms with van der Waals surface area (Å²) in [6, 6.07) is 7.88. The van der Waals surface area contributed by atoms with E-state index in [4.69, 9.17) is 23.4 Å². The molecule has 1 aromatic heterocycles. The van der Waals surface area contributed by atoms with Gasteiger partial charge in [-0.25, -0.2) is 0 Å². The molecule has 3 aromatic rings. The molecule has 43 heavy (non-hydrogen) atoms. The van der Waals surface area contributed by atoms with Gasteiger partial charge in [-0.15, -0.1) is 0 Å². The van der Waals surface area contributed by atoms with Crippen molar-refractivity contribution in [3.05, 3.63) is 52.2 Å². The molecule has 2 aromatic carbocycles. The van der Waals surface area contributed by atoms with Gasteiger partial charge in [-0.2, -0.15) is 0 Å². The molecule has 0 amide bonds. The molecule has 0 spiro atoms. The normalized spacial score (nSPS) is 33.0. The van der Waals surface area contributed by atoms with Gasteiger partial charge in [0, 0.05) is 17.7 Å². The monoisotopic (exact) mass is 608 g/mol. The molecule has 2 aliphatic heterocycles. The third-order valence-electron chi connectivity index (χ3n) is 7.64.